The van der Waals surface area contributed by atoms with E-state index >= 15 is 0 Å². The van der Waals surface area contributed by atoms with Gasteiger partial charge in [0.2, 0.25) is 0 Å². The van der Waals surface area contributed by atoms with Gasteiger partial charge in [-0.05, 0) is 26.0 Å². The van der Waals surface area contributed by atoms with E-state index in [4.69, 9.17) is 0 Å². The van der Waals surface area contributed by atoms with Crippen molar-refractivity contribution in [3.8, 4) is 0 Å². The maximum Gasteiger partial charge on any atom is 0.0669 e. The van der Waals surface area contributed by atoms with Crippen molar-refractivity contribution in [2.45, 2.75) is 26.7 Å². The topological polar surface area (TPSA) is 40.7 Å². The molecule has 2 N–H and O–H groups in total. The van der Waals surface area contributed by atoms with Gasteiger partial charge in [0, 0.05) is 18.7 Å². The van der Waals surface area contributed by atoms with Gasteiger partial charge in [-0.15, -0.1) is 0 Å². The molecule has 1 rings (SSSR count). The quantitative estimate of drug-likeness (QED) is 0.703. The molecule has 0 saturated carbocycles. The third kappa shape index (κ3) is 1.85. The maximum absolute atomic E-state index is 4.26. The molecule has 0 amide bonds. The minimum absolute atomic E-state index is 0.997. The molecule has 0 spiro atoms. The van der Waals surface area contributed by atoms with Crippen LogP contribution in [0, 0.1) is 6.92 Å². The fourth-order valence-electron chi connectivity index (χ4n) is 1.42. The van der Waals surface area contributed by atoms with Crippen LogP contribution in [0.5, 0.6) is 0 Å². The first-order chi connectivity index (χ1) is 5.79. The number of nitrogens with one attached hydrogen (secondary N) is 2. The molecule has 0 radical (unpaired) electrons. The van der Waals surface area contributed by atoms with E-state index in [1.165, 1.54) is 17.0 Å². The fraction of sp³-hybridized carbons (Fsp3) is 0.667. The lowest BCUT2D eigenvalue weighted by Crippen LogP contribution is -2.11. The molecular formula is C9H17N3. The van der Waals surface area contributed by atoms with Crippen LogP contribution in [0.25, 0.3) is 0 Å². The Labute approximate surface area is 73.6 Å². The van der Waals surface area contributed by atoms with Crippen molar-refractivity contribution >= 4 is 0 Å². The van der Waals surface area contributed by atoms with Crippen LogP contribution in [-0.2, 0) is 12.8 Å². The summed E-state index contributed by atoms with van der Waals surface area (Å²) >= 11 is 0. The van der Waals surface area contributed by atoms with Crippen LogP contribution in [0.1, 0.15) is 23.9 Å². The van der Waals surface area contributed by atoms with Gasteiger partial charge in [0.25, 0.3) is 0 Å². The standard InChI is InChI=1S/C9H17N3/c1-4-8-7(2)11-12-9(8)5-6-10-3/h10H,4-6H2,1-3H3,(H,11,12). The molecule has 0 bridgehead atoms. The predicted molar refractivity (Wildman–Crippen MR) is 50.3 cm³/mol. The minimum Gasteiger partial charge on any atom is -0.319 e. The van der Waals surface area contributed by atoms with Crippen molar-refractivity contribution in [2.24, 2.45) is 0 Å². The van der Waals surface area contributed by atoms with Gasteiger partial charge in [0.15, 0.2) is 0 Å². The summed E-state index contributed by atoms with van der Waals surface area (Å²) in [6.45, 7) is 5.24. The second kappa shape index (κ2) is 4.26. The Bertz CT molecular complexity index is 240. The van der Waals surface area contributed by atoms with Crippen LogP contribution in [-0.4, -0.2) is 23.8 Å². The van der Waals surface area contributed by atoms with Gasteiger partial charge in [-0.1, -0.05) is 6.92 Å². The van der Waals surface area contributed by atoms with Crippen LogP contribution in [0.3, 0.4) is 0 Å². The Morgan fingerprint density at radius 3 is 2.83 bits per heavy atom. The van der Waals surface area contributed by atoms with Gasteiger partial charge in [0.05, 0.1) is 5.69 Å². The summed E-state index contributed by atoms with van der Waals surface area (Å²) in [5.74, 6) is 0. The van der Waals surface area contributed by atoms with Crippen molar-refractivity contribution in [3.05, 3.63) is 17.0 Å². The number of likely N-dealkylation sites (N-methyl/N-ethyl adjacent to an activating group) is 1. The zero-order valence-electron chi connectivity index (χ0n) is 8.07. The van der Waals surface area contributed by atoms with Crippen LogP contribution >= 0.6 is 0 Å². The molecule has 0 aliphatic carbocycles. The van der Waals surface area contributed by atoms with E-state index in [9.17, 15) is 0 Å². The molecule has 0 saturated heterocycles. The summed E-state index contributed by atoms with van der Waals surface area (Å²) in [6, 6.07) is 0. The smallest absolute Gasteiger partial charge is 0.0669 e. The molecule has 3 nitrogen and oxygen atoms in total. The van der Waals surface area contributed by atoms with Crippen molar-refractivity contribution in [1.82, 2.24) is 15.5 Å². The van der Waals surface area contributed by atoms with E-state index in [0.29, 0.717) is 0 Å². The largest absolute Gasteiger partial charge is 0.319 e. The SMILES string of the molecule is CCc1c(CCNC)n[nH]c1C. The van der Waals surface area contributed by atoms with Crippen molar-refractivity contribution < 1.29 is 0 Å². The monoisotopic (exact) mass is 167 g/mol. The highest BCUT2D eigenvalue weighted by Crippen LogP contribution is 2.10. The lowest BCUT2D eigenvalue weighted by molar-refractivity contribution is 0.766. The number of hydrogen-bond donors (Lipinski definition) is 2. The lowest BCUT2D eigenvalue weighted by Gasteiger charge is -1.99. The van der Waals surface area contributed by atoms with E-state index in [1.807, 2.05) is 7.05 Å². The number of aromatic nitrogens is 2. The summed E-state index contributed by atoms with van der Waals surface area (Å²) in [5.41, 5.74) is 3.80. The Morgan fingerprint density at radius 2 is 2.25 bits per heavy atom. The Balaban J connectivity index is 2.70. The predicted octanol–water partition coefficient (Wildman–Crippen LogP) is 1.04. The average Bonchev–Trinajstić information content (AvgIpc) is 2.43. The average molecular weight is 167 g/mol. The normalized spacial score (nSPS) is 10.6. The Hall–Kier alpha value is -0.830. The van der Waals surface area contributed by atoms with Gasteiger partial charge in [-0.3, -0.25) is 5.10 Å². The van der Waals surface area contributed by atoms with E-state index < -0.39 is 0 Å². The van der Waals surface area contributed by atoms with E-state index in [1.54, 1.807) is 0 Å². The maximum atomic E-state index is 4.26. The summed E-state index contributed by atoms with van der Waals surface area (Å²) < 4.78 is 0. The molecule has 0 unspecified atom stereocenters. The molecule has 1 heterocycles. The van der Waals surface area contributed by atoms with Gasteiger partial charge in [0.1, 0.15) is 0 Å². The highest BCUT2D eigenvalue weighted by molar-refractivity contribution is 5.24. The summed E-state index contributed by atoms with van der Waals surface area (Å²) in [7, 11) is 1.96. The van der Waals surface area contributed by atoms with Gasteiger partial charge >= 0.3 is 0 Å². The number of hydrogen-bond acceptors (Lipinski definition) is 2. The summed E-state index contributed by atoms with van der Waals surface area (Å²) in [5, 5.41) is 10.4. The van der Waals surface area contributed by atoms with E-state index in [2.05, 4.69) is 29.4 Å². The van der Waals surface area contributed by atoms with Crippen molar-refractivity contribution in [1.29, 1.82) is 0 Å². The molecule has 0 aromatic carbocycles. The van der Waals surface area contributed by atoms with Crippen molar-refractivity contribution in [3.63, 3.8) is 0 Å². The molecule has 0 atom stereocenters. The Morgan fingerprint density at radius 1 is 1.50 bits per heavy atom. The number of aryl methyl sites for hydroxylation is 1. The van der Waals surface area contributed by atoms with Crippen LogP contribution in [0.2, 0.25) is 0 Å². The number of aromatic amines is 1. The van der Waals surface area contributed by atoms with Gasteiger partial charge in [-0.25, -0.2) is 0 Å². The molecule has 1 aromatic heterocycles. The molecular weight excluding hydrogens is 150 g/mol. The van der Waals surface area contributed by atoms with E-state index in [0.717, 1.165) is 19.4 Å². The van der Waals surface area contributed by atoms with Gasteiger partial charge < -0.3 is 5.32 Å². The molecule has 68 valence electrons. The summed E-state index contributed by atoms with van der Waals surface area (Å²) in [6.07, 6.45) is 2.09. The highest BCUT2D eigenvalue weighted by Gasteiger charge is 2.06. The zero-order valence-corrected chi connectivity index (χ0v) is 8.07. The van der Waals surface area contributed by atoms with Crippen LogP contribution in [0.4, 0.5) is 0 Å². The van der Waals surface area contributed by atoms with Crippen molar-refractivity contribution in [2.75, 3.05) is 13.6 Å². The van der Waals surface area contributed by atoms with Gasteiger partial charge in [-0.2, -0.15) is 5.10 Å². The molecule has 0 fully saturated rings. The fourth-order valence-corrected chi connectivity index (χ4v) is 1.42. The first-order valence-corrected chi connectivity index (χ1v) is 4.46. The first kappa shape index (κ1) is 9.26. The second-order valence-electron chi connectivity index (χ2n) is 2.98. The first-order valence-electron chi connectivity index (χ1n) is 4.46. The highest BCUT2D eigenvalue weighted by atomic mass is 15.1. The second-order valence-corrected chi connectivity index (χ2v) is 2.98. The number of H-pyrrole nitrogens is 1. The molecule has 0 aliphatic rings. The zero-order chi connectivity index (χ0) is 8.97. The molecule has 0 aliphatic heterocycles. The minimum atomic E-state index is 0.997. The molecule has 12 heavy (non-hydrogen) atoms. The molecule has 3 heteroatoms. The number of nitrogens with zero attached hydrogens (tertiary/aromatic N) is 1. The summed E-state index contributed by atoms with van der Waals surface area (Å²) in [4.78, 5) is 0. The Kier molecular flexibility index (Phi) is 3.29. The third-order valence-corrected chi connectivity index (χ3v) is 2.12. The number of rotatable bonds is 4. The van der Waals surface area contributed by atoms with Crippen LogP contribution in [0.15, 0.2) is 0 Å². The third-order valence-electron chi connectivity index (χ3n) is 2.12. The molecule has 1 aromatic rings. The van der Waals surface area contributed by atoms with Crippen LogP contribution < -0.4 is 5.32 Å². The van der Waals surface area contributed by atoms with E-state index in [-0.39, 0.29) is 0 Å². The lowest BCUT2D eigenvalue weighted by atomic mass is 10.1.